The van der Waals surface area contributed by atoms with Gasteiger partial charge in [-0.15, -0.1) is 18.0 Å². The molecule has 0 saturated carbocycles. The SMILES string of the molecule is C#C[C@]1(O)[C@H](N2C=CC(=O)NC2=C)O[C@](F)(CO)[C@H]1O.C=C1N=C(N)C=CN1[C@@H]1O[C@](F)(CO)[C@@H](O)[C@@]1(C)F.C=C1N=C(N)C=CN1[C@@H]1O[C@](F)(CO)[C@@H](O)[C@@]1(C)N=[N+]=[N-].C=C1N=C(N)C=CN1[C@@H]1O[C@](F)(CO)[C@@H](O)[C@@]1(C)O.C=C1NC(=O)C=CN1[C@@H]1O[C@](F)(CO)[C@@H](O)[C@@]1(C)Cl.C=C1NC(=O)C=CN1[C@@H]1O[C@](F)(CO)[C@@H](O)[C@@]1(C)O. The molecule has 3 amide bonds. The van der Waals surface area contributed by atoms with Gasteiger partial charge in [0.15, 0.2) is 55.2 Å². The van der Waals surface area contributed by atoms with Gasteiger partial charge in [-0.05, 0) is 58.4 Å². The molecule has 12 heterocycles. The molecule has 12 aliphatic heterocycles. The fourth-order valence-corrected chi connectivity index (χ4v) is 13.0. The normalized spacial score (nSPS) is 41.7. The van der Waals surface area contributed by atoms with Crippen LogP contribution in [0, 0.1) is 12.3 Å². The van der Waals surface area contributed by atoms with Gasteiger partial charge in [0.25, 0.3) is 52.9 Å². The number of amidine groups is 3. The van der Waals surface area contributed by atoms with E-state index in [1.54, 1.807) is 0 Å². The van der Waals surface area contributed by atoms with Crippen molar-refractivity contribution in [3.05, 3.63) is 158 Å². The first-order valence-electron chi connectivity index (χ1n) is 33.9. The molecule has 24 N–H and O–H groups in total. The Morgan fingerprint density at radius 3 is 1.06 bits per heavy atom. The second-order valence-corrected chi connectivity index (χ2v) is 28.9. The van der Waals surface area contributed by atoms with Crippen molar-refractivity contribution in [2.45, 2.75) is 177 Å². The van der Waals surface area contributed by atoms with Crippen LogP contribution in [0.2, 0.25) is 0 Å². The van der Waals surface area contributed by atoms with Crippen molar-refractivity contribution in [2.75, 3.05) is 39.6 Å². The van der Waals surface area contributed by atoms with Crippen LogP contribution in [0.25, 0.3) is 10.4 Å². The Bertz CT molecular complexity index is 4140. The second kappa shape index (κ2) is 34.3. The fraction of sp³-hybridized carbons (Fsp3) is 0.522. The van der Waals surface area contributed by atoms with E-state index in [9.17, 15) is 91.1 Å². The molecule has 0 bridgehead atoms. The lowest BCUT2D eigenvalue weighted by atomic mass is 9.91. The quantitative estimate of drug-likeness (QED) is 0.0205. The third-order valence-electron chi connectivity index (χ3n) is 19.4. The maximum atomic E-state index is 14.5. The third-order valence-corrected chi connectivity index (χ3v) is 19.8. The summed E-state index contributed by atoms with van der Waals surface area (Å²) in [6.07, 6.45) is 0.729. The van der Waals surface area contributed by atoms with Gasteiger partial charge in [0.2, 0.25) is 5.60 Å². The van der Waals surface area contributed by atoms with Gasteiger partial charge in [-0.3, -0.25) is 14.4 Å². The largest absolute Gasteiger partial charge is 0.390 e. The first-order valence-corrected chi connectivity index (χ1v) is 34.2. The van der Waals surface area contributed by atoms with E-state index >= 15 is 0 Å². The first-order chi connectivity index (χ1) is 53.9. The highest BCUT2D eigenvalue weighted by Gasteiger charge is 2.70. The lowest BCUT2D eigenvalue weighted by Crippen LogP contribution is -2.55. The summed E-state index contributed by atoms with van der Waals surface area (Å²) in [5.41, 5.74) is 14.5. The van der Waals surface area contributed by atoms with Crippen LogP contribution in [0.4, 0.5) is 30.7 Å². The number of aliphatic hydroxyl groups excluding tert-OH is 12. The Morgan fingerprint density at radius 1 is 0.462 bits per heavy atom. The summed E-state index contributed by atoms with van der Waals surface area (Å²) in [4.78, 5) is 53.1. The number of amides is 3. The van der Waals surface area contributed by atoms with Crippen molar-refractivity contribution in [3.8, 4) is 12.3 Å². The number of carbonyl (C=O) groups excluding carboxylic acids is 3. The van der Waals surface area contributed by atoms with Crippen molar-refractivity contribution in [1.29, 1.82) is 0 Å². The highest BCUT2D eigenvalue weighted by molar-refractivity contribution is 6.25. The van der Waals surface area contributed by atoms with Gasteiger partial charge in [-0.1, -0.05) is 50.5 Å². The zero-order valence-electron chi connectivity index (χ0n) is 62.4. The maximum absolute atomic E-state index is 14.5. The molecule has 646 valence electrons. The van der Waals surface area contributed by atoms with Gasteiger partial charge in [-0.2, -0.15) is 0 Å². The Hall–Kier alpha value is -9.67. The van der Waals surface area contributed by atoms with Gasteiger partial charge >= 0.3 is 0 Å². The minimum atomic E-state index is -2.93. The molecular weight excluding hydrogens is 1610 g/mol. The number of aliphatic imine (C=N–C) groups is 3. The molecule has 0 aromatic rings. The van der Waals surface area contributed by atoms with Crippen LogP contribution in [0.1, 0.15) is 34.6 Å². The zero-order chi connectivity index (χ0) is 88.7. The van der Waals surface area contributed by atoms with E-state index < -0.39 is 193 Å². The number of carbonyl (C=O) groups is 3. The second-order valence-electron chi connectivity index (χ2n) is 28.0. The molecule has 12 rings (SSSR count). The molecule has 12 aliphatic rings. The van der Waals surface area contributed by atoms with Crippen molar-refractivity contribution in [1.82, 2.24) is 45.3 Å². The van der Waals surface area contributed by atoms with E-state index in [4.69, 9.17) is 99.8 Å². The first kappa shape index (κ1) is 94.5. The van der Waals surface area contributed by atoms with E-state index in [-0.39, 0.29) is 58.3 Å². The van der Waals surface area contributed by atoms with Gasteiger partial charge in [0, 0.05) is 60.3 Å². The number of rotatable bonds is 13. The fourth-order valence-electron chi connectivity index (χ4n) is 12.7. The number of nitrogens with two attached hydrogens (primary N) is 3. The average molecular weight is 1700 g/mol. The number of halogens is 8. The van der Waals surface area contributed by atoms with Crippen LogP contribution in [-0.2, 0) is 42.8 Å². The number of hydrogen-bond acceptors (Lipinski definition) is 37. The highest BCUT2D eigenvalue weighted by atomic mass is 35.5. The number of aliphatic hydroxyl groups is 15. The standard InChI is InChI=1S/C12H13FN2O5.C11H14ClFN2O4.C11H15F2N3O3.C11H15FN6O3.C11H16FN3O4.C11H15FN2O5/c1-3-11(19)9(18)12(13,6-16)20-10(11)15-5-4-8(17)14-7(15)2;1-6-14-7(17)3-4-15(6)9-10(2,12)8(18)11(13,5-16)19-9;1-6-15-7(14)3-4-16(6)9-10(2,12)8(18)11(13,5-17)19-9;1-6-15-7(13)3-4-18(6)9-10(2,16-17-14)8(20)11(12,5-19)21-9;1-6-14-7(13)3-4-15(6)9-10(2,18)8(17)11(12,5-16)19-9;1-6-13-7(16)3-4-14(6)9-10(2,18)8(17)11(12,5-15)19-9/h1,4-5,9-10,16,18-19H,2,6H2,(H,14,17);3-4,8-9,16,18H,1,5H2,2H3,(H,14,17);3-4,8-9,17-18H,1,5H2,2H3,(H2,14,15);3-4,8-9,19-20H,1,5H2,2H3,(H2,13,15);3-4,8-9,16-18H,1,5H2,2H3,(H2,13,14);3-4,8-9,15,17-18H,1,5H2,2H3,(H,13,16)/t9-,10+,11+,12+;5*8-,9+,10+,11+/m000000/s1. The van der Waals surface area contributed by atoms with Crippen LogP contribution in [0.5, 0.6) is 0 Å². The van der Waals surface area contributed by atoms with E-state index in [0.29, 0.717) is 0 Å². The molecule has 0 radical (unpaired) electrons. The Labute approximate surface area is 664 Å². The summed E-state index contributed by atoms with van der Waals surface area (Å²) in [5, 5.41) is 154. The summed E-state index contributed by atoms with van der Waals surface area (Å²) in [6, 6.07) is 0. The summed E-state index contributed by atoms with van der Waals surface area (Å²) < 4.78 is 129. The predicted octanol–water partition coefficient (Wildman–Crippen LogP) is -4.95. The number of terminal acetylenes is 1. The Balaban J connectivity index is 0.000000194. The van der Waals surface area contributed by atoms with Crippen molar-refractivity contribution >= 4 is 46.8 Å². The van der Waals surface area contributed by atoms with E-state index in [0.717, 1.165) is 35.8 Å². The monoisotopic (exact) mass is 1700 g/mol. The summed E-state index contributed by atoms with van der Waals surface area (Å²) in [6.45, 7) is 20.7. The van der Waals surface area contributed by atoms with Crippen LogP contribution in [0.15, 0.2) is 168 Å². The van der Waals surface area contributed by atoms with Crippen molar-refractivity contribution < 1.29 is 150 Å². The molecule has 6 fully saturated rings. The molecule has 42 nitrogen and oxygen atoms in total. The molecule has 0 unspecified atom stereocenters. The van der Waals surface area contributed by atoms with E-state index in [1.165, 1.54) is 102 Å². The molecule has 24 atom stereocenters. The minimum Gasteiger partial charge on any atom is -0.390 e. The molecule has 0 aromatic carbocycles. The lowest BCUT2D eigenvalue weighted by Gasteiger charge is -2.36. The van der Waals surface area contributed by atoms with Crippen LogP contribution in [-0.4, -0.2) is 323 Å². The van der Waals surface area contributed by atoms with E-state index in [2.05, 4.69) is 80.4 Å². The predicted molar refractivity (Wildman–Crippen MR) is 387 cm³/mol. The van der Waals surface area contributed by atoms with Gasteiger partial charge in [-0.25, -0.2) is 45.7 Å². The van der Waals surface area contributed by atoms with Crippen LogP contribution >= 0.6 is 11.6 Å². The number of ether oxygens (including phenoxy) is 6. The third kappa shape index (κ3) is 17.8. The Morgan fingerprint density at radius 2 is 0.735 bits per heavy atom. The number of nitrogens with zero attached hydrogens (tertiary/aromatic N) is 12. The molecule has 117 heavy (non-hydrogen) atoms. The van der Waals surface area contributed by atoms with Gasteiger partial charge in [0.05, 0.1) is 0 Å². The minimum absolute atomic E-state index is 0.0226. The van der Waals surface area contributed by atoms with Gasteiger partial charge in [0.1, 0.15) is 138 Å². The number of alkyl halides is 8. The summed E-state index contributed by atoms with van der Waals surface area (Å²) in [5.74, 6) is -15.2. The smallest absolute Gasteiger partial charge is 0.264 e. The maximum Gasteiger partial charge on any atom is 0.264 e. The van der Waals surface area contributed by atoms with E-state index in [1.807, 2.05) is 5.92 Å². The molecular formula is C67H88ClF7N18O24. The van der Waals surface area contributed by atoms with Crippen LogP contribution in [0.3, 0.4) is 0 Å². The van der Waals surface area contributed by atoms with Crippen LogP contribution < -0.4 is 33.2 Å². The zero-order valence-corrected chi connectivity index (χ0v) is 63.2. The average Bonchev–Trinajstić information content (AvgIpc) is 1.61. The molecule has 0 spiro atoms. The molecule has 50 heteroatoms. The molecule has 0 aliphatic carbocycles. The topological polar surface area (TPSA) is 629 Å². The number of nitrogens with one attached hydrogen (secondary N) is 3. The lowest BCUT2D eigenvalue weighted by molar-refractivity contribution is -0.210. The van der Waals surface area contributed by atoms with Gasteiger partial charge < -0.3 is 168 Å². The highest BCUT2D eigenvalue weighted by Crippen LogP contribution is 2.50. The molecule has 6 saturated heterocycles. The summed E-state index contributed by atoms with van der Waals surface area (Å²) in [7, 11) is 0. The molecule has 0 aromatic heterocycles. The number of azide groups is 1. The van der Waals surface area contributed by atoms with Crippen molar-refractivity contribution in [3.63, 3.8) is 0 Å². The van der Waals surface area contributed by atoms with Crippen molar-refractivity contribution in [2.24, 2.45) is 37.3 Å². The Kier molecular flexibility index (Phi) is 27.7. The summed E-state index contributed by atoms with van der Waals surface area (Å²) >= 11 is 6.13. The number of hydrogen-bond donors (Lipinski definition) is 21.